The molecule has 0 spiro atoms. The van der Waals surface area contributed by atoms with Crippen LogP contribution in [0.3, 0.4) is 0 Å². The molecule has 9 aromatic rings. The molecule has 74 heavy (non-hydrogen) atoms. The van der Waals surface area contributed by atoms with Crippen LogP contribution in [-0.2, 0) is 33.0 Å². The van der Waals surface area contributed by atoms with Gasteiger partial charge in [0.1, 0.15) is 25.0 Å². The highest BCUT2D eigenvalue weighted by atomic mass is 32.2. The number of carbonyl (C=O) groups is 1. The van der Waals surface area contributed by atoms with Gasteiger partial charge in [0, 0.05) is 40.9 Å². The van der Waals surface area contributed by atoms with Gasteiger partial charge in [-0.1, -0.05) is 102 Å². The molecule has 15 nitrogen and oxygen atoms in total. The Kier molecular flexibility index (Phi) is 16.4. The highest BCUT2D eigenvalue weighted by Gasteiger charge is 2.19. The van der Waals surface area contributed by atoms with Crippen molar-refractivity contribution in [1.29, 1.82) is 0 Å². The van der Waals surface area contributed by atoms with E-state index >= 15 is 0 Å². The number of benzene rings is 6. The smallest absolute Gasteiger partial charge is 0.185 e. The number of alkyl halides is 2. The zero-order chi connectivity index (χ0) is 53.3. The van der Waals surface area contributed by atoms with E-state index in [4.69, 9.17) is 5.53 Å². The second-order valence-corrected chi connectivity index (χ2v) is 21.1. The predicted molar refractivity (Wildman–Crippen MR) is 283 cm³/mol. The van der Waals surface area contributed by atoms with Crippen molar-refractivity contribution in [1.82, 2.24) is 34.1 Å². The van der Waals surface area contributed by atoms with Gasteiger partial charge in [0.2, 0.25) is 0 Å². The van der Waals surface area contributed by atoms with Crippen molar-refractivity contribution in [3.05, 3.63) is 215 Å². The summed E-state index contributed by atoms with van der Waals surface area (Å²) in [4.78, 5) is 23.3. The van der Waals surface area contributed by atoms with Crippen LogP contribution < -0.4 is 0 Å². The molecule has 0 atom stereocenters. The van der Waals surface area contributed by atoms with Crippen molar-refractivity contribution in [2.75, 3.05) is 12.5 Å². The molecule has 0 amide bonds. The Balaban J connectivity index is 0.000000183. The monoisotopic (exact) mass is 1030 g/mol. The van der Waals surface area contributed by atoms with Crippen LogP contribution in [0.15, 0.2) is 180 Å². The van der Waals surface area contributed by atoms with Crippen LogP contribution in [0.4, 0.5) is 14.5 Å². The molecule has 19 heteroatoms. The summed E-state index contributed by atoms with van der Waals surface area (Å²) in [7, 11) is -6.66. The molecule has 376 valence electrons. The van der Waals surface area contributed by atoms with Gasteiger partial charge < -0.3 is 9.13 Å². The summed E-state index contributed by atoms with van der Waals surface area (Å²) in [5.41, 5.74) is 19.8. The molecule has 0 aliphatic carbocycles. The van der Waals surface area contributed by atoms with Crippen LogP contribution in [-0.4, -0.2) is 69.2 Å². The molecule has 0 fully saturated rings. The number of hydrogen-bond acceptors (Lipinski definition) is 10. The Labute approximate surface area is 427 Å². The fourth-order valence-corrected chi connectivity index (χ4v) is 9.23. The number of halogens is 2. The van der Waals surface area contributed by atoms with Crippen LogP contribution in [0.5, 0.6) is 0 Å². The minimum atomic E-state index is -3.36. The van der Waals surface area contributed by atoms with Gasteiger partial charge >= 0.3 is 0 Å². The lowest BCUT2D eigenvalue weighted by Crippen LogP contribution is -2.07. The first-order valence-corrected chi connectivity index (χ1v) is 26.5. The summed E-state index contributed by atoms with van der Waals surface area (Å²) in [6.45, 7) is 9.95. The summed E-state index contributed by atoms with van der Waals surface area (Å²) in [6.07, 6.45) is 9.09. The Morgan fingerprint density at radius 3 is 1.58 bits per heavy atom. The van der Waals surface area contributed by atoms with Gasteiger partial charge in [-0.15, -0.1) is 5.10 Å². The lowest BCUT2D eigenvalue weighted by molar-refractivity contribution is 0.104. The van der Waals surface area contributed by atoms with E-state index in [1.54, 1.807) is 89.7 Å². The van der Waals surface area contributed by atoms with Gasteiger partial charge in [0.15, 0.2) is 25.5 Å². The SMILES string of the molecule is C=CC(=O)c1ccc(CF)cc1.Cc1cn(-c2ccc(-c3cccc(S(C)(=O)=O)c3)cc2-n2nncc2-c2ccc(CF)cc2)c(C)n1.Cc1cn(-c2ccc(-c3cccc(S(C)(=O)=O)c3)cc2N=[N+]=[N-])c(C)n1. The van der Waals surface area contributed by atoms with Crippen molar-refractivity contribution < 1.29 is 30.4 Å². The maximum absolute atomic E-state index is 13.1. The van der Waals surface area contributed by atoms with Crippen molar-refractivity contribution in [3.8, 4) is 50.6 Å². The number of azide groups is 1. The number of allylic oxidation sites excluding steroid dienone is 1. The molecular formula is C55H50F2N10O5S2. The van der Waals surface area contributed by atoms with E-state index in [1.165, 1.54) is 18.6 Å². The second kappa shape index (κ2) is 22.8. The molecule has 0 saturated heterocycles. The first kappa shape index (κ1) is 53.2. The van der Waals surface area contributed by atoms with Gasteiger partial charge in [-0.05, 0) is 121 Å². The molecule has 9 rings (SSSR count). The zero-order valence-corrected chi connectivity index (χ0v) is 42.9. The Bertz CT molecular complexity index is 3810. The van der Waals surface area contributed by atoms with E-state index in [1.807, 2.05) is 104 Å². The number of nitrogens with zero attached hydrogens (tertiary/aromatic N) is 10. The number of aromatic nitrogens is 7. The maximum Gasteiger partial charge on any atom is 0.185 e. The van der Waals surface area contributed by atoms with E-state index in [-0.39, 0.29) is 15.6 Å². The Hall–Kier alpha value is -8.64. The Morgan fingerprint density at radius 2 is 1.11 bits per heavy atom. The third-order valence-electron chi connectivity index (χ3n) is 11.6. The molecule has 0 aliphatic rings. The number of ketones is 1. The zero-order valence-electron chi connectivity index (χ0n) is 41.2. The van der Waals surface area contributed by atoms with E-state index in [9.17, 15) is 30.4 Å². The van der Waals surface area contributed by atoms with Gasteiger partial charge in [-0.2, -0.15) is 0 Å². The molecule has 0 N–H and O–H groups in total. The third-order valence-corrected chi connectivity index (χ3v) is 13.8. The summed E-state index contributed by atoms with van der Waals surface area (Å²) in [5, 5.41) is 12.4. The number of carbonyl (C=O) groups excluding carboxylic acids is 1. The molecule has 6 aromatic carbocycles. The molecule has 0 radical (unpaired) electrons. The maximum atomic E-state index is 13.1. The fraction of sp³-hybridized carbons (Fsp3) is 0.145. The topological polar surface area (TPSA) is 200 Å². The largest absolute Gasteiger partial charge is 0.303 e. The Morgan fingerprint density at radius 1 is 0.635 bits per heavy atom. The molecule has 0 bridgehead atoms. The quantitative estimate of drug-likeness (QED) is 0.0354. The highest BCUT2D eigenvalue weighted by Crippen LogP contribution is 2.34. The minimum Gasteiger partial charge on any atom is -0.303 e. The molecule has 0 saturated carbocycles. The van der Waals surface area contributed by atoms with Crippen molar-refractivity contribution in [2.24, 2.45) is 5.11 Å². The molecule has 0 aliphatic heterocycles. The van der Waals surface area contributed by atoms with Gasteiger partial charge in [0.05, 0.1) is 55.8 Å². The van der Waals surface area contributed by atoms with E-state index in [0.717, 1.165) is 67.9 Å². The van der Waals surface area contributed by atoms with Gasteiger partial charge in [-0.25, -0.2) is 40.3 Å². The molecule has 3 heterocycles. The van der Waals surface area contributed by atoms with Crippen LogP contribution in [0.25, 0.3) is 61.0 Å². The van der Waals surface area contributed by atoms with Crippen LogP contribution >= 0.6 is 0 Å². The molecule has 0 unspecified atom stereocenters. The number of sulfone groups is 2. The van der Waals surface area contributed by atoms with Crippen LogP contribution in [0.1, 0.15) is 44.5 Å². The van der Waals surface area contributed by atoms with E-state index in [0.29, 0.717) is 28.1 Å². The summed E-state index contributed by atoms with van der Waals surface area (Å²) >= 11 is 0. The standard InChI is InChI=1S/C27H24FN5O2S.C18H17N5O2S.C10H9FO/c1-18-17-32(19(2)30-18)25-12-11-23(22-5-4-6-24(13-22)36(3,34)35)14-26(25)33-27(16-29-31-33)21-9-7-20(15-28)8-10-21;1-12-11-23(13(2)20-12)18-8-7-15(10-17(18)21-22-19)14-5-4-6-16(9-14)26(3,24)25;1-2-10(12)9-5-3-8(7-11)4-6-9/h4-14,16-17H,15H2,1-3H3;4-11H,1-3H3;2-6H,1,7H2. The number of hydrogen-bond donors (Lipinski definition) is 0. The summed E-state index contributed by atoms with van der Waals surface area (Å²) in [5.74, 6) is 1.46. The normalized spacial score (nSPS) is 11.1. The lowest BCUT2D eigenvalue weighted by atomic mass is 10.0. The predicted octanol–water partition coefficient (Wildman–Crippen LogP) is 12.3. The number of rotatable bonds is 13. The van der Waals surface area contributed by atoms with Gasteiger partial charge in [-0.3, -0.25) is 4.79 Å². The number of imidazole rings is 2. The van der Waals surface area contributed by atoms with E-state index < -0.39 is 33.0 Å². The van der Waals surface area contributed by atoms with Gasteiger partial charge in [0.25, 0.3) is 0 Å². The van der Waals surface area contributed by atoms with Crippen molar-refractivity contribution >= 4 is 31.1 Å². The third kappa shape index (κ3) is 12.5. The molecular weight excluding hydrogens is 983 g/mol. The van der Waals surface area contributed by atoms with E-state index in [2.05, 4.69) is 36.9 Å². The van der Waals surface area contributed by atoms with Crippen molar-refractivity contribution in [3.63, 3.8) is 0 Å². The average Bonchev–Trinajstić information content (AvgIpc) is 4.12. The average molecular weight is 1030 g/mol. The first-order valence-electron chi connectivity index (χ1n) is 22.7. The second-order valence-electron chi connectivity index (χ2n) is 17.1. The van der Waals surface area contributed by atoms with Crippen LogP contribution in [0.2, 0.25) is 0 Å². The minimum absolute atomic E-state index is 0.139. The van der Waals surface area contributed by atoms with Crippen LogP contribution in [0, 0.1) is 27.7 Å². The molecule has 3 aromatic heterocycles. The first-order chi connectivity index (χ1) is 35.3. The highest BCUT2D eigenvalue weighted by molar-refractivity contribution is 7.91. The number of aryl methyl sites for hydroxylation is 4. The fourth-order valence-electron chi connectivity index (χ4n) is 7.90. The lowest BCUT2D eigenvalue weighted by Gasteiger charge is -2.16. The summed E-state index contributed by atoms with van der Waals surface area (Å²) < 4.78 is 78.5. The van der Waals surface area contributed by atoms with Crippen molar-refractivity contribution in [2.45, 2.75) is 50.8 Å². The summed E-state index contributed by atoms with van der Waals surface area (Å²) in [6, 6.07) is 38.4.